The van der Waals surface area contributed by atoms with Crippen molar-refractivity contribution in [1.82, 2.24) is 5.32 Å². The van der Waals surface area contributed by atoms with Gasteiger partial charge in [-0.25, -0.2) is 8.42 Å². The maximum absolute atomic E-state index is 12.6. The first-order valence-corrected chi connectivity index (χ1v) is 8.66. The van der Waals surface area contributed by atoms with E-state index in [-0.39, 0.29) is 23.0 Å². The van der Waals surface area contributed by atoms with Crippen molar-refractivity contribution >= 4 is 9.84 Å². The van der Waals surface area contributed by atoms with Crippen LogP contribution in [0.4, 0.5) is 0 Å². The van der Waals surface area contributed by atoms with Gasteiger partial charge in [0, 0.05) is 6.04 Å². The number of hydrogen-bond acceptors (Lipinski definition) is 4. The van der Waals surface area contributed by atoms with Gasteiger partial charge in [-0.05, 0) is 42.6 Å². The van der Waals surface area contributed by atoms with Crippen LogP contribution in [-0.2, 0) is 16.3 Å². The molecule has 0 fully saturated rings. The average molecular weight is 297 g/mol. The number of benzene rings is 1. The predicted octanol–water partition coefficient (Wildman–Crippen LogP) is 1.95. The van der Waals surface area contributed by atoms with Crippen LogP contribution in [0.25, 0.3) is 0 Å². The zero-order valence-corrected chi connectivity index (χ0v) is 13.3. The Morgan fingerprint density at radius 3 is 2.65 bits per heavy atom. The minimum absolute atomic E-state index is 0.149. The molecule has 1 N–H and O–H groups in total. The molecular formula is C15H23NO3S. The minimum Gasteiger partial charge on any atom is -0.497 e. The van der Waals surface area contributed by atoms with Gasteiger partial charge in [0.25, 0.3) is 0 Å². The van der Waals surface area contributed by atoms with Crippen molar-refractivity contribution in [2.75, 3.05) is 19.9 Å². The number of nitrogens with one attached hydrogen (secondary N) is 1. The smallest absolute Gasteiger partial charge is 0.155 e. The first-order chi connectivity index (χ1) is 9.39. The molecule has 2 rings (SSSR count). The summed E-state index contributed by atoms with van der Waals surface area (Å²) in [7, 11) is 0.329. The van der Waals surface area contributed by atoms with Crippen LogP contribution in [0.15, 0.2) is 18.2 Å². The summed E-state index contributed by atoms with van der Waals surface area (Å²) in [6.45, 7) is 3.88. The number of sulfone groups is 1. The lowest BCUT2D eigenvalue weighted by Gasteiger charge is -2.21. The van der Waals surface area contributed by atoms with E-state index in [0.717, 1.165) is 16.9 Å². The number of methoxy groups -OCH3 is 1. The molecule has 1 aromatic rings. The van der Waals surface area contributed by atoms with Crippen molar-refractivity contribution in [3.63, 3.8) is 0 Å². The molecule has 1 aliphatic carbocycles. The van der Waals surface area contributed by atoms with E-state index in [1.807, 2.05) is 39.1 Å². The number of ether oxygens (including phenoxy) is 1. The van der Waals surface area contributed by atoms with Crippen LogP contribution in [0.5, 0.6) is 5.75 Å². The van der Waals surface area contributed by atoms with Gasteiger partial charge in [0.2, 0.25) is 0 Å². The van der Waals surface area contributed by atoms with Crippen molar-refractivity contribution in [2.24, 2.45) is 5.92 Å². The van der Waals surface area contributed by atoms with Crippen LogP contribution in [0.3, 0.4) is 0 Å². The lowest BCUT2D eigenvalue weighted by Crippen LogP contribution is -2.35. The fourth-order valence-corrected chi connectivity index (χ4v) is 5.28. The number of rotatable bonds is 5. The van der Waals surface area contributed by atoms with Crippen LogP contribution >= 0.6 is 0 Å². The Hall–Kier alpha value is -1.07. The second kappa shape index (κ2) is 5.74. The molecule has 1 aliphatic rings. The van der Waals surface area contributed by atoms with Crippen LogP contribution in [0.1, 0.15) is 31.0 Å². The molecule has 0 heterocycles. The highest BCUT2D eigenvalue weighted by atomic mass is 32.2. The molecule has 0 saturated carbocycles. The van der Waals surface area contributed by atoms with Crippen molar-refractivity contribution in [1.29, 1.82) is 0 Å². The average Bonchev–Trinajstić information content (AvgIpc) is 2.75. The molecule has 2 atom stereocenters. The summed E-state index contributed by atoms with van der Waals surface area (Å²) in [6, 6.07) is 5.66. The van der Waals surface area contributed by atoms with E-state index in [0.29, 0.717) is 6.42 Å². The molecule has 0 radical (unpaired) electrons. The van der Waals surface area contributed by atoms with Crippen molar-refractivity contribution in [3.8, 4) is 5.75 Å². The van der Waals surface area contributed by atoms with Crippen LogP contribution < -0.4 is 10.1 Å². The fourth-order valence-electron chi connectivity index (χ4n) is 2.97. The molecule has 112 valence electrons. The lowest BCUT2D eigenvalue weighted by atomic mass is 10.1. The summed E-state index contributed by atoms with van der Waals surface area (Å²) in [6.07, 6.45) is 0.583. The molecule has 1 aromatic carbocycles. The van der Waals surface area contributed by atoms with E-state index in [4.69, 9.17) is 4.74 Å². The van der Waals surface area contributed by atoms with Gasteiger partial charge in [-0.15, -0.1) is 0 Å². The standard InChI is InChI=1S/C15H23NO3S/c1-10(2)9-20(17,18)14-7-11-5-6-12(19-4)8-13(11)15(14)16-3/h5-6,8,10,14-16H,7,9H2,1-4H3. The van der Waals surface area contributed by atoms with E-state index >= 15 is 0 Å². The van der Waals surface area contributed by atoms with Gasteiger partial charge >= 0.3 is 0 Å². The highest BCUT2D eigenvalue weighted by molar-refractivity contribution is 7.92. The maximum atomic E-state index is 12.6. The lowest BCUT2D eigenvalue weighted by molar-refractivity contribution is 0.413. The third-order valence-corrected chi connectivity index (χ3v) is 6.31. The summed E-state index contributed by atoms with van der Waals surface area (Å²) in [5, 5.41) is 2.79. The van der Waals surface area contributed by atoms with Gasteiger partial charge in [-0.1, -0.05) is 19.9 Å². The fraction of sp³-hybridized carbons (Fsp3) is 0.600. The third kappa shape index (κ3) is 2.83. The van der Waals surface area contributed by atoms with Gasteiger partial charge in [-0.3, -0.25) is 0 Å². The van der Waals surface area contributed by atoms with Gasteiger partial charge in [0.15, 0.2) is 9.84 Å². The largest absolute Gasteiger partial charge is 0.497 e. The molecule has 0 aliphatic heterocycles. The second-order valence-electron chi connectivity index (χ2n) is 5.80. The summed E-state index contributed by atoms with van der Waals surface area (Å²) < 4.78 is 30.4. The monoisotopic (exact) mass is 297 g/mol. The van der Waals surface area contributed by atoms with E-state index in [9.17, 15) is 8.42 Å². The summed E-state index contributed by atoms with van der Waals surface area (Å²) in [4.78, 5) is 0. The molecule has 4 nitrogen and oxygen atoms in total. The van der Waals surface area contributed by atoms with Crippen LogP contribution in [-0.4, -0.2) is 33.6 Å². The van der Waals surface area contributed by atoms with Gasteiger partial charge < -0.3 is 10.1 Å². The normalized spacial score (nSPS) is 22.1. The molecule has 0 bridgehead atoms. The first-order valence-electron chi connectivity index (χ1n) is 6.94. The number of hydrogen-bond donors (Lipinski definition) is 1. The van der Waals surface area contributed by atoms with Crippen LogP contribution in [0, 0.1) is 5.92 Å². The predicted molar refractivity (Wildman–Crippen MR) is 80.9 cm³/mol. The molecular weight excluding hydrogens is 274 g/mol. The molecule has 20 heavy (non-hydrogen) atoms. The molecule has 0 saturated heterocycles. The highest BCUT2D eigenvalue weighted by Gasteiger charge is 2.40. The SMILES string of the molecule is CNC1c2cc(OC)ccc2CC1S(=O)(=O)CC(C)C. The molecule has 2 unspecified atom stereocenters. The molecule has 5 heteroatoms. The Kier molecular flexibility index (Phi) is 4.39. The highest BCUT2D eigenvalue weighted by Crippen LogP contribution is 2.37. The quantitative estimate of drug-likeness (QED) is 0.902. The minimum atomic E-state index is -3.11. The van der Waals surface area contributed by atoms with Gasteiger partial charge in [0.1, 0.15) is 5.75 Å². The first kappa shape index (κ1) is 15.3. The van der Waals surface area contributed by atoms with E-state index < -0.39 is 9.84 Å². The Balaban J connectivity index is 2.36. The van der Waals surface area contributed by atoms with Crippen molar-refractivity contribution in [3.05, 3.63) is 29.3 Å². The second-order valence-corrected chi connectivity index (χ2v) is 8.06. The molecule has 0 aromatic heterocycles. The Morgan fingerprint density at radius 1 is 1.40 bits per heavy atom. The topological polar surface area (TPSA) is 55.4 Å². The summed E-state index contributed by atoms with van der Waals surface area (Å²) in [5.74, 6) is 1.16. The zero-order chi connectivity index (χ0) is 14.9. The number of fused-ring (bicyclic) bond motifs is 1. The summed E-state index contributed by atoms with van der Waals surface area (Å²) in [5.41, 5.74) is 2.15. The Bertz CT molecular complexity index is 581. The van der Waals surface area contributed by atoms with E-state index in [1.165, 1.54) is 0 Å². The van der Waals surface area contributed by atoms with Gasteiger partial charge in [-0.2, -0.15) is 0 Å². The molecule has 0 spiro atoms. The third-order valence-electron chi connectivity index (χ3n) is 3.82. The van der Waals surface area contributed by atoms with Crippen LogP contribution in [0.2, 0.25) is 0 Å². The Morgan fingerprint density at radius 2 is 2.10 bits per heavy atom. The zero-order valence-electron chi connectivity index (χ0n) is 12.5. The molecule has 0 amide bonds. The van der Waals surface area contributed by atoms with Crippen molar-refractivity contribution in [2.45, 2.75) is 31.6 Å². The Labute approximate surface area is 121 Å². The summed E-state index contributed by atoms with van der Waals surface area (Å²) >= 11 is 0. The van der Waals surface area contributed by atoms with E-state index in [2.05, 4.69) is 5.32 Å². The van der Waals surface area contributed by atoms with Gasteiger partial charge in [0.05, 0.1) is 18.1 Å². The van der Waals surface area contributed by atoms with Crippen molar-refractivity contribution < 1.29 is 13.2 Å². The van der Waals surface area contributed by atoms with E-state index in [1.54, 1.807) is 7.11 Å². The maximum Gasteiger partial charge on any atom is 0.155 e.